The minimum absolute atomic E-state index is 0.0352. The summed E-state index contributed by atoms with van der Waals surface area (Å²) in [6, 6.07) is 10.9. The van der Waals surface area contributed by atoms with E-state index in [1.54, 1.807) is 0 Å². The zero-order valence-corrected chi connectivity index (χ0v) is 12.1. The van der Waals surface area contributed by atoms with E-state index >= 15 is 0 Å². The quantitative estimate of drug-likeness (QED) is 0.930. The molecule has 0 atom stereocenters. The lowest BCUT2D eigenvalue weighted by atomic mass is 10.1. The van der Waals surface area contributed by atoms with Crippen molar-refractivity contribution in [2.45, 2.75) is 18.9 Å². The first-order valence-electron chi connectivity index (χ1n) is 7.21. The Morgan fingerprint density at radius 3 is 2.59 bits per heavy atom. The maximum Gasteiger partial charge on any atom is 0.267 e. The number of benzene rings is 1. The third-order valence-electron chi connectivity index (χ3n) is 3.44. The van der Waals surface area contributed by atoms with Gasteiger partial charge in [0.05, 0.1) is 13.2 Å². The van der Waals surface area contributed by atoms with E-state index in [0.717, 1.165) is 18.4 Å². The van der Waals surface area contributed by atoms with Crippen LogP contribution in [-0.4, -0.2) is 35.2 Å². The number of ether oxygens (including phenoxy) is 2. The fourth-order valence-electron chi connectivity index (χ4n) is 2.29. The van der Waals surface area contributed by atoms with Gasteiger partial charge in [0.1, 0.15) is 11.8 Å². The van der Waals surface area contributed by atoms with Crippen LogP contribution in [0.25, 0.3) is 11.4 Å². The number of primary amides is 1. The molecule has 1 aromatic heterocycles. The minimum atomic E-state index is -0.601. The summed E-state index contributed by atoms with van der Waals surface area (Å²) in [5, 5.41) is 0. The smallest absolute Gasteiger partial charge is 0.267 e. The van der Waals surface area contributed by atoms with Crippen molar-refractivity contribution < 1.29 is 14.3 Å². The van der Waals surface area contributed by atoms with Crippen LogP contribution >= 0.6 is 0 Å². The zero-order valence-electron chi connectivity index (χ0n) is 12.1. The van der Waals surface area contributed by atoms with Crippen LogP contribution in [0.1, 0.15) is 23.3 Å². The fraction of sp³-hybridized carbons (Fsp3) is 0.312. The number of carbonyl (C=O) groups is 1. The molecule has 3 rings (SSSR count). The summed E-state index contributed by atoms with van der Waals surface area (Å²) in [6.07, 6.45) is 1.64. The van der Waals surface area contributed by atoms with Gasteiger partial charge in [-0.3, -0.25) is 4.79 Å². The lowest BCUT2D eigenvalue weighted by molar-refractivity contribution is 0.0237. The zero-order chi connectivity index (χ0) is 15.4. The third kappa shape index (κ3) is 3.40. The van der Waals surface area contributed by atoms with E-state index < -0.39 is 5.91 Å². The van der Waals surface area contributed by atoms with Gasteiger partial charge in [0.2, 0.25) is 5.88 Å². The van der Waals surface area contributed by atoms with Crippen molar-refractivity contribution in [3.8, 4) is 17.3 Å². The summed E-state index contributed by atoms with van der Waals surface area (Å²) in [4.78, 5) is 20.1. The molecular weight excluding hydrogens is 282 g/mol. The highest BCUT2D eigenvalue weighted by Gasteiger charge is 2.18. The Balaban J connectivity index is 1.91. The molecule has 1 saturated heterocycles. The number of carbonyl (C=O) groups excluding carboxylic acids is 1. The van der Waals surface area contributed by atoms with Crippen LogP contribution in [0.3, 0.4) is 0 Å². The predicted molar refractivity (Wildman–Crippen MR) is 80.5 cm³/mol. The molecule has 1 amide bonds. The van der Waals surface area contributed by atoms with Crippen LogP contribution in [0.2, 0.25) is 0 Å². The molecule has 22 heavy (non-hydrogen) atoms. The van der Waals surface area contributed by atoms with Crippen molar-refractivity contribution in [2.75, 3.05) is 13.2 Å². The van der Waals surface area contributed by atoms with E-state index in [0.29, 0.717) is 24.9 Å². The van der Waals surface area contributed by atoms with Crippen LogP contribution in [0, 0.1) is 0 Å². The largest absolute Gasteiger partial charge is 0.474 e. The second kappa shape index (κ2) is 6.53. The topological polar surface area (TPSA) is 87.3 Å². The first-order chi connectivity index (χ1) is 10.7. The highest BCUT2D eigenvalue weighted by atomic mass is 16.5. The molecule has 2 heterocycles. The Hall–Kier alpha value is -2.47. The summed E-state index contributed by atoms with van der Waals surface area (Å²) >= 11 is 0. The fourth-order valence-corrected chi connectivity index (χ4v) is 2.29. The molecule has 0 spiro atoms. The van der Waals surface area contributed by atoms with Gasteiger partial charge in [0, 0.05) is 24.5 Å². The summed E-state index contributed by atoms with van der Waals surface area (Å²) in [7, 11) is 0. The molecule has 2 aromatic rings. The molecule has 0 aliphatic carbocycles. The van der Waals surface area contributed by atoms with Crippen molar-refractivity contribution in [2.24, 2.45) is 5.73 Å². The number of rotatable bonds is 4. The van der Waals surface area contributed by atoms with Crippen molar-refractivity contribution in [1.29, 1.82) is 0 Å². The lowest BCUT2D eigenvalue weighted by Crippen LogP contribution is -2.26. The van der Waals surface area contributed by atoms with Gasteiger partial charge in [-0.05, 0) is 0 Å². The standard InChI is InChI=1S/C16H17N3O3/c17-15(20)13-10-14(22-12-6-8-21-9-7-12)19-16(18-13)11-4-2-1-3-5-11/h1-5,10,12H,6-9H2,(H2,17,20). The molecule has 0 radical (unpaired) electrons. The summed E-state index contributed by atoms with van der Waals surface area (Å²) in [5.41, 5.74) is 6.31. The molecule has 0 saturated carbocycles. The molecule has 1 aromatic carbocycles. The molecular formula is C16H17N3O3. The number of aromatic nitrogens is 2. The van der Waals surface area contributed by atoms with Gasteiger partial charge in [-0.1, -0.05) is 30.3 Å². The third-order valence-corrected chi connectivity index (χ3v) is 3.44. The molecule has 6 nitrogen and oxygen atoms in total. The summed E-state index contributed by atoms with van der Waals surface area (Å²) < 4.78 is 11.2. The van der Waals surface area contributed by atoms with Gasteiger partial charge in [-0.25, -0.2) is 4.98 Å². The van der Waals surface area contributed by atoms with Crippen molar-refractivity contribution in [3.63, 3.8) is 0 Å². The average Bonchev–Trinajstić information content (AvgIpc) is 2.56. The normalized spacial score (nSPS) is 15.5. The van der Waals surface area contributed by atoms with E-state index in [1.165, 1.54) is 6.07 Å². The van der Waals surface area contributed by atoms with Crippen LogP contribution < -0.4 is 10.5 Å². The summed E-state index contributed by atoms with van der Waals surface area (Å²) in [5.74, 6) is 0.199. The lowest BCUT2D eigenvalue weighted by Gasteiger charge is -2.23. The average molecular weight is 299 g/mol. The number of nitrogens with zero attached hydrogens (tertiary/aromatic N) is 2. The molecule has 1 aliphatic rings. The number of amides is 1. The van der Waals surface area contributed by atoms with Crippen LogP contribution in [0.5, 0.6) is 5.88 Å². The van der Waals surface area contributed by atoms with E-state index in [-0.39, 0.29) is 11.8 Å². The Kier molecular flexibility index (Phi) is 4.29. The molecule has 2 N–H and O–H groups in total. The maximum atomic E-state index is 11.5. The first-order valence-corrected chi connectivity index (χ1v) is 7.21. The van der Waals surface area contributed by atoms with Crippen LogP contribution in [-0.2, 0) is 4.74 Å². The van der Waals surface area contributed by atoms with Crippen molar-refractivity contribution in [1.82, 2.24) is 9.97 Å². The molecule has 1 fully saturated rings. The molecule has 0 unspecified atom stereocenters. The van der Waals surface area contributed by atoms with Crippen molar-refractivity contribution >= 4 is 5.91 Å². The molecule has 1 aliphatic heterocycles. The van der Waals surface area contributed by atoms with Crippen molar-refractivity contribution in [3.05, 3.63) is 42.1 Å². The van der Waals surface area contributed by atoms with Gasteiger partial charge in [0.25, 0.3) is 5.91 Å². The Bertz CT molecular complexity index is 655. The van der Waals surface area contributed by atoms with Gasteiger partial charge < -0.3 is 15.2 Å². The van der Waals surface area contributed by atoms with Crippen LogP contribution in [0.4, 0.5) is 0 Å². The molecule has 6 heteroatoms. The van der Waals surface area contributed by atoms with Gasteiger partial charge in [-0.2, -0.15) is 4.98 Å². The Morgan fingerprint density at radius 2 is 1.91 bits per heavy atom. The summed E-state index contributed by atoms with van der Waals surface area (Å²) in [6.45, 7) is 1.34. The van der Waals surface area contributed by atoms with Gasteiger partial charge in [0.15, 0.2) is 5.82 Å². The van der Waals surface area contributed by atoms with Gasteiger partial charge >= 0.3 is 0 Å². The second-order valence-corrected chi connectivity index (χ2v) is 5.07. The van der Waals surface area contributed by atoms with Gasteiger partial charge in [-0.15, -0.1) is 0 Å². The molecule has 0 bridgehead atoms. The van der Waals surface area contributed by atoms with E-state index in [2.05, 4.69) is 9.97 Å². The Morgan fingerprint density at radius 1 is 1.18 bits per heavy atom. The SMILES string of the molecule is NC(=O)c1cc(OC2CCOCC2)nc(-c2ccccc2)n1. The first kappa shape index (κ1) is 14.5. The highest BCUT2D eigenvalue weighted by molar-refractivity contribution is 5.91. The monoisotopic (exact) mass is 299 g/mol. The predicted octanol–water partition coefficient (Wildman–Crippen LogP) is 1.80. The maximum absolute atomic E-state index is 11.5. The number of hydrogen-bond acceptors (Lipinski definition) is 5. The molecule has 114 valence electrons. The number of nitrogens with two attached hydrogens (primary N) is 1. The number of hydrogen-bond donors (Lipinski definition) is 1. The Labute approximate surface area is 128 Å². The minimum Gasteiger partial charge on any atom is -0.474 e. The van der Waals surface area contributed by atoms with E-state index in [9.17, 15) is 4.79 Å². The highest BCUT2D eigenvalue weighted by Crippen LogP contribution is 2.21. The van der Waals surface area contributed by atoms with E-state index in [4.69, 9.17) is 15.2 Å². The van der Waals surface area contributed by atoms with E-state index in [1.807, 2.05) is 30.3 Å². The van der Waals surface area contributed by atoms with Crippen LogP contribution in [0.15, 0.2) is 36.4 Å². The second-order valence-electron chi connectivity index (χ2n) is 5.07.